The molecule has 0 spiro atoms. The highest BCUT2D eigenvalue weighted by Gasteiger charge is 2.46. The molecule has 0 saturated heterocycles. The predicted octanol–water partition coefficient (Wildman–Crippen LogP) is 3.91. The Morgan fingerprint density at radius 1 is 1.05 bits per heavy atom. The van der Waals surface area contributed by atoms with Crippen LogP contribution in [-0.2, 0) is 0 Å². The molecule has 5 unspecified atom stereocenters. The van der Waals surface area contributed by atoms with Gasteiger partial charge in [0.2, 0.25) is 0 Å². The molecule has 2 aliphatic rings. The van der Waals surface area contributed by atoms with E-state index in [4.69, 9.17) is 0 Å². The maximum atomic E-state index is 3.76. The maximum Gasteiger partial charge on any atom is 0.0361 e. The molecule has 2 fully saturated rings. The van der Waals surface area contributed by atoms with Crippen LogP contribution in [0.1, 0.15) is 65.2 Å². The topological polar surface area (TPSA) is 15.3 Å². The lowest BCUT2D eigenvalue weighted by Gasteiger charge is -2.53. The molecule has 0 aromatic heterocycles. The Labute approximate surface area is 126 Å². The van der Waals surface area contributed by atoms with Crippen molar-refractivity contribution in [2.45, 2.75) is 76.8 Å². The largest absolute Gasteiger partial charge is 0.315 e. The molecule has 2 aliphatic carbocycles. The Bertz CT molecular complexity index is 302. The van der Waals surface area contributed by atoms with E-state index in [1.807, 2.05) is 0 Å². The average molecular weight is 280 g/mol. The second-order valence-electron chi connectivity index (χ2n) is 8.00. The highest BCUT2D eigenvalue weighted by atomic mass is 15.2. The SMILES string of the molecule is CNC(C1CCCC(C)C1)C1(N(C)C)CCCC(C)C1. The fourth-order valence-corrected chi connectivity index (χ4v) is 5.26. The highest BCUT2D eigenvalue weighted by Crippen LogP contribution is 2.43. The van der Waals surface area contributed by atoms with Gasteiger partial charge in [-0.05, 0) is 64.6 Å². The third kappa shape index (κ3) is 3.22. The number of nitrogens with one attached hydrogen (secondary N) is 1. The fourth-order valence-electron chi connectivity index (χ4n) is 5.26. The van der Waals surface area contributed by atoms with Gasteiger partial charge < -0.3 is 10.2 Å². The Morgan fingerprint density at radius 2 is 1.75 bits per heavy atom. The number of likely N-dealkylation sites (N-methyl/N-ethyl adjacent to an activating group) is 2. The van der Waals surface area contributed by atoms with Crippen molar-refractivity contribution in [1.82, 2.24) is 10.2 Å². The first kappa shape index (κ1) is 16.3. The molecular formula is C18H36N2. The number of hydrogen-bond acceptors (Lipinski definition) is 2. The summed E-state index contributed by atoms with van der Waals surface area (Å²) < 4.78 is 0. The van der Waals surface area contributed by atoms with Gasteiger partial charge in [0.25, 0.3) is 0 Å². The summed E-state index contributed by atoms with van der Waals surface area (Å²) in [6, 6.07) is 0.669. The fraction of sp³-hybridized carbons (Fsp3) is 1.00. The van der Waals surface area contributed by atoms with E-state index < -0.39 is 0 Å². The van der Waals surface area contributed by atoms with E-state index in [1.54, 1.807) is 0 Å². The van der Waals surface area contributed by atoms with Gasteiger partial charge in [-0.15, -0.1) is 0 Å². The maximum absolute atomic E-state index is 3.76. The average Bonchev–Trinajstić information content (AvgIpc) is 2.39. The molecule has 2 nitrogen and oxygen atoms in total. The summed E-state index contributed by atoms with van der Waals surface area (Å²) in [4.78, 5) is 2.56. The van der Waals surface area contributed by atoms with E-state index >= 15 is 0 Å². The molecule has 20 heavy (non-hydrogen) atoms. The molecule has 2 saturated carbocycles. The van der Waals surface area contributed by atoms with Crippen LogP contribution >= 0.6 is 0 Å². The van der Waals surface area contributed by atoms with Crippen molar-refractivity contribution >= 4 is 0 Å². The summed E-state index contributed by atoms with van der Waals surface area (Å²) in [6.07, 6.45) is 11.3. The molecule has 0 bridgehead atoms. The second-order valence-corrected chi connectivity index (χ2v) is 8.00. The van der Waals surface area contributed by atoms with Crippen molar-refractivity contribution in [3.8, 4) is 0 Å². The Balaban J connectivity index is 2.20. The minimum absolute atomic E-state index is 0.383. The second kappa shape index (κ2) is 6.79. The number of nitrogens with zero attached hydrogens (tertiary/aromatic N) is 1. The van der Waals surface area contributed by atoms with E-state index in [2.05, 4.69) is 45.2 Å². The van der Waals surface area contributed by atoms with Crippen LogP contribution in [0.4, 0.5) is 0 Å². The first-order chi connectivity index (χ1) is 9.49. The van der Waals surface area contributed by atoms with E-state index in [0.29, 0.717) is 11.6 Å². The monoisotopic (exact) mass is 280 g/mol. The molecule has 0 radical (unpaired) electrons. The molecule has 2 heteroatoms. The van der Waals surface area contributed by atoms with Crippen LogP contribution in [0.15, 0.2) is 0 Å². The lowest BCUT2D eigenvalue weighted by molar-refractivity contribution is 0.00713. The van der Waals surface area contributed by atoms with Crippen LogP contribution < -0.4 is 5.32 Å². The third-order valence-electron chi connectivity index (χ3n) is 6.24. The third-order valence-corrected chi connectivity index (χ3v) is 6.24. The zero-order chi connectivity index (χ0) is 14.8. The van der Waals surface area contributed by atoms with Gasteiger partial charge in [-0.2, -0.15) is 0 Å². The highest BCUT2D eigenvalue weighted by molar-refractivity contribution is 5.04. The smallest absolute Gasteiger partial charge is 0.0361 e. The molecule has 0 aliphatic heterocycles. The first-order valence-electron chi connectivity index (χ1n) is 8.84. The Hall–Kier alpha value is -0.0800. The van der Waals surface area contributed by atoms with Gasteiger partial charge in [-0.1, -0.05) is 39.5 Å². The van der Waals surface area contributed by atoms with E-state index in [9.17, 15) is 0 Å². The quantitative estimate of drug-likeness (QED) is 0.840. The zero-order valence-corrected chi connectivity index (χ0v) is 14.4. The number of rotatable bonds is 4. The van der Waals surface area contributed by atoms with Crippen molar-refractivity contribution in [2.24, 2.45) is 17.8 Å². The summed E-state index contributed by atoms with van der Waals surface area (Å²) in [6.45, 7) is 4.90. The molecule has 0 heterocycles. The molecule has 118 valence electrons. The van der Waals surface area contributed by atoms with Gasteiger partial charge in [0.1, 0.15) is 0 Å². The summed E-state index contributed by atoms with van der Waals surface area (Å²) in [5.41, 5.74) is 0.383. The van der Waals surface area contributed by atoms with E-state index in [-0.39, 0.29) is 0 Å². The van der Waals surface area contributed by atoms with Crippen LogP contribution in [0.3, 0.4) is 0 Å². The standard InChI is InChI=1S/C18H36N2/c1-14-8-6-10-16(12-14)17(19-3)18(20(4)5)11-7-9-15(2)13-18/h14-17,19H,6-13H2,1-5H3. The zero-order valence-electron chi connectivity index (χ0n) is 14.4. The van der Waals surface area contributed by atoms with Crippen LogP contribution in [0.5, 0.6) is 0 Å². The lowest BCUT2D eigenvalue weighted by atomic mass is 9.65. The van der Waals surface area contributed by atoms with Gasteiger partial charge in [0.15, 0.2) is 0 Å². The normalized spacial score (nSPS) is 40.8. The van der Waals surface area contributed by atoms with Crippen LogP contribution in [-0.4, -0.2) is 37.6 Å². The van der Waals surface area contributed by atoms with E-state index in [0.717, 1.165) is 17.8 Å². The molecule has 0 aromatic carbocycles. The molecular weight excluding hydrogens is 244 g/mol. The van der Waals surface area contributed by atoms with Gasteiger partial charge in [0, 0.05) is 11.6 Å². The van der Waals surface area contributed by atoms with Crippen LogP contribution in [0, 0.1) is 17.8 Å². The summed E-state index contributed by atoms with van der Waals surface area (Å²) in [5.74, 6) is 2.67. The van der Waals surface area contributed by atoms with Gasteiger partial charge in [0.05, 0.1) is 0 Å². The molecule has 2 rings (SSSR count). The number of hydrogen-bond donors (Lipinski definition) is 1. The van der Waals surface area contributed by atoms with Crippen molar-refractivity contribution in [3.63, 3.8) is 0 Å². The molecule has 0 aromatic rings. The van der Waals surface area contributed by atoms with Gasteiger partial charge in [-0.25, -0.2) is 0 Å². The Kier molecular flexibility index (Phi) is 5.53. The van der Waals surface area contributed by atoms with Gasteiger partial charge in [-0.3, -0.25) is 0 Å². The molecule has 5 atom stereocenters. The Morgan fingerprint density at radius 3 is 2.30 bits per heavy atom. The first-order valence-corrected chi connectivity index (χ1v) is 8.84. The van der Waals surface area contributed by atoms with Gasteiger partial charge >= 0.3 is 0 Å². The lowest BCUT2D eigenvalue weighted by Crippen LogP contribution is -2.63. The molecule has 1 N–H and O–H groups in total. The summed E-state index contributed by atoms with van der Waals surface area (Å²) >= 11 is 0. The minimum Gasteiger partial charge on any atom is -0.315 e. The van der Waals surface area contributed by atoms with Crippen LogP contribution in [0.25, 0.3) is 0 Å². The molecule has 0 amide bonds. The summed E-state index contributed by atoms with van der Waals surface area (Å²) in [5, 5.41) is 3.76. The van der Waals surface area contributed by atoms with Crippen molar-refractivity contribution in [1.29, 1.82) is 0 Å². The van der Waals surface area contributed by atoms with Crippen molar-refractivity contribution < 1.29 is 0 Å². The van der Waals surface area contributed by atoms with Crippen LogP contribution in [0.2, 0.25) is 0 Å². The van der Waals surface area contributed by atoms with Crippen molar-refractivity contribution in [3.05, 3.63) is 0 Å². The predicted molar refractivity (Wildman–Crippen MR) is 88.0 cm³/mol. The van der Waals surface area contributed by atoms with Crippen molar-refractivity contribution in [2.75, 3.05) is 21.1 Å². The minimum atomic E-state index is 0.383. The summed E-state index contributed by atoms with van der Waals surface area (Å²) in [7, 11) is 6.83. The van der Waals surface area contributed by atoms with E-state index in [1.165, 1.54) is 51.4 Å².